The van der Waals surface area contributed by atoms with Crippen LogP contribution in [0.2, 0.25) is 0 Å². The maximum atomic E-state index is 4.59. The first-order chi connectivity index (χ1) is 9.43. The maximum Gasteiger partial charge on any atom is 0.0605 e. The van der Waals surface area contributed by atoms with E-state index in [-0.39, 0.29) is 0 Å². The largest absolute Gasteiger partial charge is 0.308 e. The fourth-order valence-electron chi connectivity index (χ4n) is 3.35. The monoisotopic (exact) mass is 256 g/mol. The number of hydrogen-bond donors (Lipinski definition) is 1. The smallest absolute Gasteiger partial charge is 0.0605 e. The van der Waals surface area contributed by atoms with Gasteiger partial charge in [0.2, 0.25) is 0 Å². The molecule has 2 heteroatoms. The molecule has 0 amide bonds. The van der Waals surface area contributed by atoms with E-state index in [0.717, 1.165) is 6.54 Å². The van der Waals surface area contributed by atoms with Crippen molar-refractivity contribution in [2.45, 2.75) is 57.4 Å². The quantitative estimate of drug-likeness (QED) is 0.825. The van der Waals surface area contributed by atoms with Gasteiger partial charge in [-0.3, -0.25) is 4.98 Å². The van der Waals surface area contributed by atoms with Gasteiger partial charge in [-0.25, -0.2) is 0 Å². The van der Waals surface area contributed by atoms with Crippen molar-refractivity contribution in [1.29, 1.82) is 0 Å². The molecule has 1 atom stereocenters. The van der Waals surface area contributed by atoms with Crippen molar-refractivity contribution in [1.82, 2.24) is 10.3 Å². The van der Waals surface area contributed by atoms with Crippen LogP contribution >= 0.6 is 0 Å². The zero-order chi connectivity index (χ0) is 12.9. The summed E-state index contributed by atoms with van der Waals surface area (Å²) in [7, 11) is 0. The average molecular weight is 256 g/mol. The van der Waals surface area contributed by atoms with Gasteiger partial charge in [0.05, 0.1) is 5.69 Å². The van der Waals surface area contributed by atoms with Gasteiger partial charge in [-0.15, -0.1) is 0 Å². The topological polar surface area (TPSA) is 24.9 Å². The lowest BCUT2D eigenvalue weighted by atomic mass is 9.91. The molecule has 1 unspecified atom stereocenters. The Morgan fingerprint density at radius 3 is 3.11 bits per heavy atom. The lowest BCUT2D eigenvalue weighted by Gasteiger charge is -2.25. The molecule has 0 saturated carbocycles. The van der Waals surface area contributed by atoms with Crippen LogP contribution in [0.3, 0.4) is 0 Å². The number of nitrogens with one attached hydrogen (secondary N) is 1. The summed E-state index contributed by atoms with van der Waals surface area (Å²) in [5.41, 5.74) is 4.41. The number of hydrogen-bond acceptors (Lipinski definition) is 2. The van der Waals surface area contributed by atoms with Crippen molar-refractivity contribution >= 4 is 0 Å². The van der Waals surface area contributed by atoms with Gasteiger partial charge in [0.1, 0.15) is 0 Å². The van der Waals surface area contributed by atoms with Crippen LogP contribution in [0.25, 0.3) is 0 Å². The molecule has 0 saturated heterocycles. The van der Waals surface area contributed by atoms with Crippen LogP contribution in [0, 0.1) is 0 Å². The molecule has 0 bridgehead atoms. The Kier molecular flexibility index (Phi) is 4.29. The van der Waals surface area contributed by atoms with Gasteiger partial charge in [0, 0.05) is 12.2 Å². The lowest BCUT2D eigenvalue weighted by molar-refractivity contribution is 0.449. The molecule has 1 aromatic rings. The third kappa shape index (κ3) is 3.24. The molecule has 102 valence electrons. The predicted octanol–water partition coefficient (Wildman–Crippen LogP) is 3.94. The van der Waals surface area contributed by atoms with Crippen molar-refractivity contribution < 1.29 is 0 Å². The SMILES string of the molecule is C1=C(CCNC2CCCc3cccnc32)CCCC1. The molecule has 0 aliphatic heterocycles. The van der Waals surface area contributed by atoms with Gasteiger partial charge in [-0.2, -0.15) is 0 Å². The first-order valence-corrected chi connectivity index (χ1v) is 7.78. The molecule has 19 heavy (non-hydrogen) atoms. The zero-order valence-corrected chi connectivity index (χ0v) is 11.7. The molecule has 2 aliphatic rings. The Balaban J connectivity index is 1.55. The van der Waals surface area contributed by atoms with Crippen LogP contribution in [-0.4, -0.2) is 11.5 Å². The highest BCUT2D eigenvalue weighted by Gasteiger charge is 2.20. The van der Waals surface area contributed by atoms with Crippen LogP contribution in [-0.2, 0) is 6.42 Å². The molecular formula is C17H24N2. The third-order valence-electron chi connectivity index (χ3n) is 4.42. The minimum Gasteiger partial charge on any atom is -0.308 e. The van der Waals surface area contributed by atoms with Crippen molar-refractivity contribution in [2.24, 2.45) is 0 Å². The summed E-state index contributed by atoms with van der Waals surface area (Å²) in [6, 6.07) is 4.78. The average Bonchev–Trinajstić information content (AvgIpc) is 2.49. The summed E-state index contributed by atoms with van der Waals surface area (Å²) >= 11 is 0. The summed E-state index contributed by atoms with van der Waals surface area (Å²) < 4.78 is 0. The maximum absolute atomic E-state index is 4.59. The molecule has 2 aliphatic carbocycles. The summed E-state index contributed by atoms with van der Waals surface area (Å²) in [5.74, 6) is 0. The summed E-state index contributed by atoms with van der Waals surface area (Å²) in [6.07, 6.45) is 14.7. The van der Waals surface area contributed by atoms with E-state index in [1.165, 1.54) is 62.6 Å². The Hall–Kier alpha value is -1.15. The van der Waals surface area contributed by atoms with E-state index < -0.39 is 0 Å². The van der Waals surface area contributed by atoms with Gasteiger partial charge in [0.25, 0.3) is 0 Å². The van der Waals surface area contributed by atoms with E-state index in [9.17, 15) is 0 Å². The number of rotatable bonds is 4. The second-order valence-corrected chi connectivity index (χ2v) is 5.80. The van der Waals surface area contributed by atoms with Crippen molar-refractivity contribution in [3.8, 4) is 0 Å². The normalized spacial score (nSPS) is 22.7. The fraction of sp³-hybridized carbons (Fsp3) is 0.588. The number of pyridine rings is 1. The highest BCUT2D eigenvalue weighted by atomic mass is 14.9. The van der Waals surface area contributed by atoms with E-state index in [1.54, 1.807) is 5.57 Å². The first kappa shape index (κ1) is 12.9. The van der Waals surface area contributed by atoms with Crippen LogP contribution in [0.5, 0.6) is 0 Å². The molecular weight excluding hydrogens is 232 g/mol. The Labute approximate surface area is 116 Å². The van der Waals surface area contributed by atoms with Crippen LogP contribution in [0.15, 0.2) is 30.0 Å². The summed E-state index contributed by atoms with van der Waals surface area (Å²) in [6.45, 7) is 1.10. The Bertz CT molecular complexity index is 450. The van der Waals surface area contributed by atoms with Crippen LogP contribution < -0.4 is 5.32 Å². The van der Waals surface area contributed by atoms with Gasteiger partial charge in [-0.1, -0.05) is 17.7 Å². The van der Waals surface area contributed by atoms with Crippen molar-refractivity contribution in [2.75, 3.05) is 6.54 Å². The minimum atomic E-state index is 0.481. The van der Waals surface area contributed by atoms with Crippen molar-refractivity contribution in [3.05, 3.63) is 41.2 Å². The first-order valence-electron chi connectivity index (χ1n) is 7.78. The third-order valence-corrected chi connectivity index (χ3v) is 4.42. The van der Waals surface area contributed by atoms with E-state index >= 15 is 0 Å². The molecule has 0 aromatic carbocycles. The molecule has 1 N–H and O–H groups in total. The number of fused-ring (bicyclic) bond motifs is 1. The number of aryl methyl sites for hydroxylation is 1. The highest BCUT2D eigenvalue weighted by molar-refractivity contribution is 5.25. The number of aromatic nitrogens is 1. The van der Waals surface area contributed by atoms with E-state index in [1.807, 2.05) is 6.20 Å². The summed E-state index contributed by atoms with van der Waals surface area (Å²) in [5, 5.41) is 3.72. The molecule has 0 radical (unpaired) electrons. The molecule has 2 nitrogen and oxygen atoms in total. The summed E-state index contributed by atoms with van der Waals surface area (Å²) in [4.78, 5) is 4.59. The van der Waals surface area contributed by atoms with Gasteiger partial charge in [-0.05, 0) is 69.5 Å². The van der Waals surface area contributed by atoms with Crippen LogP contribution in [0.4, 0.5) is 0 Å². The zero-order valence-electron chi connectivity index (χ0n) is 11.7. The van der Waals surface area contributed by atoms with Gasteiger partial charge in [0.15, 0.2) is 0 Å². The number of allylic oxidation sites excluding steroid dienone is 1. The standard InChI is InChI=1S/C17H24N2/c1-2-6-14(7-3-1)11-13-18-16-10-4-8-15-9-5-12-19-17(15)16/h5-6,9,12,16,18H,1-4,7-8,10-11,13H2. The second kappa shape index (κ2) is 6.33. The Morgan fingerprint density at radius 2 is 2.21 bits per heavy atom. The molecule has 1 aromatic heterocycles. The van der Waals surface area contributed by atoms with E-state index in [2.05, 4.69) is 28.5 Å². The van der Waals surface area contributed by atoms with Crippen molar-refractivity contribution in [3.63, 3.8) is 0 Å². The molecule has 0 spiro atoms. The van der Waals surface area contributed by atoms with Gasteiger partial charge >= 0.3 is 0 Å². The minimum absolute atomic E-state index is 0.481. The molecule has 0 fully saturated rings. The van der Waals surface area contributed by atoms with E-state index in [0.29, 0.717) is 6.04 Å². The van der Waals surface area contributed by atoms with E-state index in [4.69, 9.17) is 0 Å². The van der Waals surface area contributed by atoms with Gasteiger partial charge < -0.3 is 5.32 Å². The molecule has 3 rings (SSSR count). The number of nitrogens with zero attached hydrogens (tertiary/aromatic N) is 1. The lowest BCUT2D eigenvalue weighted by Crippen LogP contribution is -2.27. The highest BCUT2D eigenvalue weighted by Crippen LogP contribution is 2.28. The second-order valence-electron chi connectivity index (χ2n) is 5.80. The molecule has 1 heterocycles. The predicted molar refractivity (Wildman–Crippen MR) is 79.1 cm³/mol. The Morgan fingerprint density at radius 1 is 1.21 bits per heavy atom. The van der Waals surface area contributed by atoms with Crippen LogP contribution in [0.1, 0.15) is 62.2 Å². The fourth-order valence-corrected chi connectivity index (χ4v) is 3.35.